The third-order valence-corrected chi connectivity index (χ3v) is 4.55. The molecule has 0 radical (unpaired) electrons. The Balaban J connectivity index is 2.37. The van der Waals surface area contributed by atoms with E-state index in [1.165, 1.54) is 29.8 Å². The van der Waals surface area contributed by atoms with Gasteiger partial charge in [-0.1, -0.05) is 12.1 Å². The number of hydrogen-bond donors (Lipinski definition) is 0. The number of likely N-dealkylation sites (tertiary alicyclic amines) is 1. The number of benzene rings is 1. The smallest absolute Gasteiger partial charge is 0.0923 e. The maximum atomic E-state index is 8.93. The molecule has 1 aliphatic rings. The molecule has 1 fully saturated rings. The van der Waals surface area contributed by atoms with Gasteiger partial charge in [0.25, 0.3) is 0 Å². The van der Waals surface area contributed by atoms with Crippen LogP contribution in [0, 0.1) is 11.3 Å². The first-order valence-electron chi connectivity index (χ1n) is 7.54. The lowest BCUT2D eigenvalue weighted by Crippen LogP contribution is -2.17. The maximum absolute atomic E-state index is 8.93. The van der Waals surface area contributed by atoms with Gasteiger partial charge in [-0.2, -0.15) is 5.26 Å². The van der Waals surface area contributed by atoms with E-state index in [9.17, 15) is 0 Å². The molecule has 0 amide bonds. The zero-order chi connectivity index (χ0) is 15.9. The van der Waals surface area contributed by atoms with Crippen molar-refractivity contribution in [2.75, 3.05) is 38.3 Å². The number of anilines is 1. The fourth-order valence-electron chi connectivity index (χ4n) is 2.60. The third kappa shape index (κ3) is 4.08. The van der Waals surface area contributed by atoms with E-state index in [0.717, 1.165) is 18.0 Å². The molecule has 0 unspecified atom stereocenters. The quantitative estimate of drug-likeness (QED) is 0.608. The van der Waals surface area contributed by atoms with E-state index < -0.39 is 0 Å². The highest BCUT2D eigenvalue weighted by Crippen LogP contribution is 2.28. The van der Waals surface area contributed by atoms with E-state index in [0.29, 0.717) is 0 Å². The van der Waals surface area contributed by atoms with Gasteiger partial charge in [0.05, 0.1) is 6.07 Å². The minimum absolute atomic E-state index is 1.00. The molecular formula is C18H23N3S. The van der Waals surface area contributed by atoms with Crippen molar-refractivity contribution in [2.24, 2.45) is 0 Å². The van der Waals surface area contributed by atoms with Crippen LogP contribution in [0.15, 0.2) is 41.3 Å². The molecule has 2 rings (SSSR count). The van der Waals surface area contributed by atoms with E-state index in [-0.39, 0.29) is 0 Å². The Morgan fingerprint density at radius 3 is 2.36 bits per heavy atom. The second-order valence-corrected chi connectivity index (χ2v) is 6.42. The van der Waals surface area contributed by atoms with Gasteiger partial charge in [-0.3, -0.25) is 0 Å². The van der Waals surface area contributed by atoms with Crippen molar-refractivity contribution in [1.82, 2.24) is 4.90 Å². The minimum atomic E-state index is 1.00. The Kier molecular flexibility index (Phi) is 5.97. The van der Waals surface area contributed by atoms with E-state index in [2.05, 4.69) is 46.2 Å². The van der Waals surface area contributed by atoms with Crippen LogP contribution in [-0.4, -0.2) is 38.3 Å². The average Bonchev–Trinajstić information content (AvgIpc) is 3.05. The summed E-state index contributed by atoms with van der Waals surface area (Å²) in [6.07, 6.45) is 8.25. The first kappa shape index (κ1) is 16.5. The second kappa shape index (κ2) is 7.95. The molecule has 0 N–H and O–H groups in total. The van der Waals surface area contributed by atoms with Gasteiger partial charge in [0.1, 0.15) is 0 Å². The van der Waals surface area contributed by atoms with Crippen molar-refractivity contribution in [3.05, 3.63) is 46.9 Å². The topological polar surface area (TPSA) is 30.3 Å². The molecular weight excluding hydrogens is 290 g/mol. The van der Waals surface area contributed by atoms with Gasteiger partial charge in [0.15, 0.2) is 0 Å². The van der Waals surface area contributed by atoms with E-state index in [4.69, 9.17) is 5.26 Å². The zero-order valence-electron chi connectivity index (χ0n) is 13.5. The maximum Gasteiger partial charge on any atom is 0.0923 e. The summed E-state index contributed by atoms with van der Waals surface area (Å²) >= 11 is 1.61. The lowest BCUT2D eigenvalue weighted by molar-refractivity contribution is 0.493. The average molecular weight is 313 g/mol. The first-order valence-corrected chi connectivity index (χ1v) is 8.76. The number of hydrogen-bond acceptors (Lipinski definition) is 4. The van der Waals surface area contributed by atoms with Crippen LogP contribution in [-0.2, 0) is 0 Å². The predicted octanol–water partition coefficient (Wildman–Crippen LogP) is 3.96. The molecule has 1 aromatic rings. The summed E-state index contributed by atoms with van der Waals surface area (Å²) in [5.41, 5.74) is 3.63. The number of nitriles is 1. The summed E-state index contributed by atoms with van der Waals surface area (Å²) in [4.78, 5) is 5.53. The van der Waals surface area contributed by atoms with Gasteiger partial charge in [0.2, 0.25) is 0 Å². The normalized spacial score (nSPS) is 15.8. The lowest BCUT2D eigenvalue weighted by atomic mass is 10.1. The molecule has 1 aromatic carbocycles. The number of nitrogens with zero attached hydrogens (tertiary/aromatic N) is 3. The Hall–Kier alpha value is -1.86. The fourth-order valence-corrected chi connectivity index (χ4v) is 3.00. The van der Waals surface area contributed by atoms with Crippen LogP contribution in [0.4, 0.5) is 5.69 Å². The minimum Gasteiger partial charge on any atom is -0.378 e. The Morgan fingerprint density at radius 1 is 1.23 bits per heavy atom. The first-order chi connectivity index (χ1) is 10.7. The summed E-state index contributed by atoms with van der Waals surface area (Å²) in [7, 11) is 4.10. The van der Waals surface area contributed by atoms with Gasteiger partial charge in [-0.15, -0.1) is 11.8 Å². The van der Waals surface area contributed by atoms with Crippen molar-refractivity contribution in [3.63, 3.8) is 0 Å². The molecule has 0 atom stereocenters. The SMILES string of the molecule is CSC(=C/C#N)/C=C(\c1ccc(N(C)C)cc1)N1CCCC1. The van der Waals surface area contributed by atoms with E-state index in [1.807, 2.05) is 20.4 Å². The Labute approximate surface area is 137 Å². The van der Waals surface area contributed by atoms with Gasteiger partial charge in [-0.05, 0) is 42.9 Å². The van der Waals surface area contributed by atoms with Crippen molar-refractivity contribution in [2.45, 2.75) is 12.8 Å². The molecule has 0 spiro atoms. The standard InChI is InChI=1S/C18H23N3S/c1-20(2)16-8-6-15(7-9-16)18(21-12-4-5-13-21)14-17(22-3)10-11-19/h6-10,14H,4-5,12-13H2,1-3H3/b17-10+,18-14+. The van der Waals surface area contributed by atoms with Crippen LogP contribution in [0.2, 0.25) is 0 Å². The molecule has 22 heavy (non-hydrogen) atoms. The molecule has 1 saturated heterocycles. The van der Waals surface area contributed by atoms with Gasteiger partial charge >= 0.3 is 0 Å². The second-order valence-electron chi connectivity index (χ2n) is 5.54. The predicted molar refractivity (Wildman–Crippen MR) is 96.8 cm³/mol. The van der Waals surface area contributed by atoms with E-state index >= 15 is 0 Å². The molecule has 116 valence electrons. The summed E-state index contributed by atoms with van der Waals surface area (Å²) in [6, 6.07) is 10.8. The molecule has 1 aliphatic heterocycles. The van der Waals surface area contributed by atoms with Crippen LogP contribution < -0.4 is 4.90 Å². The van der Waals surface area contributed by atoms with Crippen LogP contribution in [0.3, 0.4) is 0 Å². The van der Waals surface area contributed by atoms with Crippen LogP contribution >= 0.6 is 11.8 Å². The highest BCUT2D eigenvalue weighted by atomic mass is 32.2. The van der Waals surface area contributed by atoms with Crippen molar-refractivity contribution in [1.29, 1.82) is 5.26 Å². The molecule has 1 heterocycles. The molecule has 0 aromatic heterocycles. The fraction of sp³-hybridized carbons (Fsp3) is 0.389. The van der Waals surface area contributed by atoms with Crippen molar-refractivity contribution < 1.29 is 0 Å². The molecule has 0 saturated carbocycles. The largest absolute Gasteiger partial charge is 0.378 e. The zero-order valence-corrected chi connectivity index (χ0v) is 14.4. The number of thioether (sulfide) groups is 1. The van der Waals surface area contributed by atoms with E-state index in [1.54, 1.807) is 17.8 Å². The molecule has 0 bridgehead atoms. The number of allylic oxidation sites excluding steroid dienone is 2. The number of rotatable bonds is 5. The van der Waals surface area contributed by atoms with Crippen LogP contribution in [0.5, 0.6) is 0 Å². The summed E-state index contributed by atoms with van der Waals surface area (Å²) < 4.78 is 0. The van der Waals surface area contributed by atoms with Gasteiger partial charge < -0.3 is 9.80 Å². The molecule has 4 heteroatoms. The Bertz CT molecular complexity index is 588. The molecule has 0 aliphatic carbocycles. The summed E-state index contributed by atoms with van der Waals surface area (Å²) in [5, 5.41) is 8.93. The Morgan fingerprint density at radius 2 is 1.86 bits per heavy atom. The molecule has 3 nitrogen and oxygen atoms in total. The van der Waals surface area contributed by atoms with Crippen molar-refractivity contribution >= 4 is 23.1 Å². The summed E-state index contributed by atoms with van der Waals surface area (Å²) in [6.45, 7) is 2.19. The lowest BCUT2D eigenvalue weighted by Gasteiger charge is -2.23. The van der Waals surface area contributed by atoms with Crippen LogP contribution in [0.25, 0.3) is 5.70 Å². The van der Waals surface area contributed by atoms with Gasteiger partial charge in [-0.25, -0.2) is 0 Å². The third-order valence-electron chi connectivity index (χ3n) is 3.85. The highest BCUT2D eigenvalue weighted by Gasteiger charge is 2.17. The van der Waals surface area contributed by atoms with Crippen LogP contribution in [0.1, 0.15) is 18.4 Å². The van der Waals surface area contributed by atoms with Gasteiger partial charge in [0, 0.05) is 49.6 Å². The summed E-state index contributed by atoms with van der Waals surface area (Å²) in [5.74, 6) is 0. The monoisotopic (exact) mass is 313 g/mol. The van der Waals surface area contributed by atoms with Crippen molar-refractivity contribution in [3.8, 4) is 6.07 Å². The highest BCUT2D eigenvalue weighted by molar-refractivity contribution is 8.02.